The first-order valence-electron chi connectivity index (χ1n) is 6.92. The van der Waals surface area contributed by atoms with Crippen molar-refractivity contribution in [3.63, 3.8) is 0 Å². The zero-order valence-corrected chi connectivity index (χ0v) is 13.0. The summed E-state index contributed by atoms with van der Waals surface area (Å²) < 4.78 is 6.76. The Morgan fingerprint density at radius 1 is 1.24 bits per heavy atom. The van der Waals surface area contributed by atoms with Crippen molar-refractivity contribution in [3.05, 3.63) is 63.6 Å². The fourth-order valence-corrected chi connectivity index (χ4v) is 3.12. The molecule has 3 rings (SSSR count). The van der Waals surface area contributed by atoms with Gasteiger partial charge in [0.05, 0.1) is 0 Å². The monoisotopic (exact) mass is 346 g/mol. The van der Waals surface area contributed by atoms with E-state index in [4.69, 9.17) is 4.74 Å². The van der Waals surface area contributed by atoms with Gasteiger partial charge in [-0.25, -0.2) is 4.79 Å². The second kappa shape index (κ2) is 5.90. The Morgan fingerprint density at radius 3 is 2.86 bits per heavy atom. The number of fused-ring (bicyclic) bond motifs is 1. The van der Waals surface area contributed by atoms with Crippen LogP contribution in [-0.2, 0) is 6.42 Å². The van der Waals surface area contributed by atoms with Gasteiger partial charge in [0.25, 0.3) is 0 Å². The number of halogens is 1. The molecule has 1 atom stereocenters. The molecule has 0 bridgehead atoms. The van der Waals surface area contributed by atoms with E-state index in [0.717, 1.165) is 23.7 Å². The number of aromatic carboxylic acids is 1. The van der Waals surface area contributed by atoms with Crippen LogP contribution in [0.15, 0.2) is 46.9 Å². The van der Waals surface area contributed by atoms with Crippen molar-refractivity contribution in [2.75, 3.05) is 0 Å². The van der Waals surface area contributed by atoms with Crippen molar-refractivity contribution in [3.8, 4) is 5.75 Å². The van der Waals surface area contributed by atoms with E-state index in [9.17, 15) is 9.90 Å². The van der Waals surface area contributed by atoms with Crippen LogP contribution in [0.3, 0.4) is 0 Å². The molecule has 0 heterocycles. The fourth-order valence-electron chi connectivity index (χ4n) is 2.76. The van der Waals surface area contributed by atoms with Gasteiger partial charge in [-0.15, -0.1) is 0 Å². The Labute approximate surface area is 131 Å². The number of benzene rings is 2. The molecule has 0 amide bonds. The Hall–Kier alpha value is -1.81. The lowest BCUT2D eigenvalue weighted by molar-refractivity contribution is 0.0687. The highest BCUT2D eigenvalue weighted by atomic mass is 79.9. The van der Waals surface area contributed by atoms with Crippen LogP contribution in [0.25, 0.3) is 0 Å². The second-order valence-electron chi connectivity index (χ2n) is 5.14. The number of carboxylic acids is 1. The van der Waals surface area contributed by atoms with Crippen LogP contribution in [0.2, 0.25) is 0 Å². The molecule has 0 fully saturated rings. The van der Waals surface area contributed by atoms with Crippen LogP contribution in [0.1, 0.15) is 40.4 Å². The lowest BCUT2D eigenvalue weighted by Gasteiger charge is -2.26. The average molecular weight is 347 g/mol. The number of ether oxygens (including phenoxy) is 1. The summed E-state index contributed by atoms with van der Waals surface area (Å²) in [4.78, 5) is 11.4. The van der Waals surface area contributed by atoms with Crippen LogP contribution in [0.4, 0.5) is 0 Å². The van der Waals surface area contributed by atoms with Gasteiger partial charge >= 0.3 is 5.97 Å². The minimum atomic E-state index is -0.976. The maximum atomic E-state index is 11.4. The number of carboxylic acid groups (broad SMARTS) is 1. The largest absolute Gasteiger partial charge is 0.485 e. The number of aryl methyl sites for hydroxylation is 1. The van der Waals surface area contributed by atoms with Crippen molar-refractivity contribution in [1.29, 1.82) is 0 Å². The van der Waals surface area contributed by atoms with E-state index >= 15 is 0 Å². The van der Waals surface area contributed by atoms with E-state index in [0.29, 0.717) is 5.75 Å². The summed E-state index contributed by atoms with van der Waals surface area (Å²) in [6.07, 6.45) is 2.95. The van der Waals surface area contributed by atoms with Crippen molar-refractivity contribution >= 4 is 21.9 Å². The van der Waals surface area contributed by atoms with E-state index < -0.39 is 5.97 Å². The standard InChI is InChI=1S/C17H15BrO3/c18-12-8-9-16(14(10-12)17(19)20)21-15-7-3-5-11-4-1-2-6-13(11)15/h1-2,4,6,8-10,15H,3,5,7H2,(H,19,20). The zero-order chi connectivity index (χ0) is 14.8. The molecule has 21 heavy (non-hydrogen) atoms. The molecule has 108 valence electrons. The van der Waals surface area contributed by atoms with E-state index in [1.165, 1.54) is 11.1 Å². The lowest BCUT2D eigenvalue weighted by atomic mass is 9.89. The van der Waals surface area contributed by atoms with Gasteiger partial charge in [-0.1, -0.05) is 40.2 Å². The van der Waals surface area contributed by atoms with Gasteiger partial charge in [0.1, 0.15) is 17.4 Å². The van der Waals surface area contributed by atoms with Gasteiger partial charge < -0.3 is 9.84 Å². The molecule has 0 saturated carbocycles. The summed E-state index contributed by atoms with van der Waals surface area (Å²) in [6.45, 7) is 0. The molecule has 2 aromatic rings. The van der Waals surface area contributed by atoms with Crippen molar-refractivity contribution in [2.24, 2.45) is 0 Å². The van der Waals surface area contributed by atoms with Crippen molar-refractivity contribution < 1.29 is 14.6 Å². The first-order valence-corrected chi connectivity index (χ1v) is 7.72. The summed E-state index contributed by atoms with van der Waals surface area (Å²) in [7, 11) is 0. The molecule has 4 heteroatoms. The van der Waals surface area contributed by atoms with Crippen LogP contribution in [0.5, 0.6) is 5.75 Å². The third-order valence-corrected chi connectivity index (χ3v) is 4.25. The average Bonchev–Trinajstić information content (AvgIpc) is 2.49. The zero-order valence-electron chi connectivity index (χ0n) is 11.4. The number of hydrogen-bond donors (Lipinski definition) is 1. The quantitative estimate of drug-likeness (QED) is 0.882. The molecule has 0 spiro atoms. The van der Waals surface area contributed by atoms with E-state index in [1.54, 1.807) is 18.2 Å². The van der Waals surface area contributed by atoms with E-state index in [-0.39, 0.29) is 11.7 Å². The first-order chi connectivity index (χ1) is 10.1. The molecule has 1 N–H and O–H groups in total. The summed E-state index contributed by atoms with van der Waals surface area (Å²) in [5.41, 5.74) is 2.65. The SMILES string of the molecule is O=C(O)c1cc(Br)ccc1OC1CCCc2ccccc21. The summed E-state index contributed by atoms with van der Waals surface area (Å²) in [6, 6.07) is 13.3. The van der Waals surface area contributed by atoms with Crippen LogP contribution >= 0.6 is 15.9 Å². The molecule has 2 aromatic carbocycles. The van der Waals surface area contributed by atoms with E-state index in [2.05, 4.69) is 28.1 Å². The topological polar surface area (TPSA) is 46.5 Å². The van der Waals surface area contributed by atoms with E-state index in [1.807, 2.05) is 12.1 Å². The molecule has 0 radical (unpaired) electrons. The summed E-state index contributed by atoms with van der Waals surface area (Å²) >= 11 is 3.30. The van der Waals surface area contributed by atoms with Gasteiger partial charge in [-0.2, -0.15) is 0 Å². The van der Waals surface area contributed by atoms with Crippen molar-refractivity contribution in [1.82, 2.24) is 0 Å². The third kappa shape index (κ3) is 2.95. The lowest BCUT2D eigenvalue weighted by Crippen LogP contribution is -2.16. The number of carbonyl (C=O) groups is 1. The first kappa shape index (κ1) is 14.1. The Bertz CT molecular complexity index is 681. The third-order valence-electron chi connectivity index (χ3n) is 3.76. The predicted octanol–water partition coefficient (Wildman–Crippen LogP) is 4.60. The van der Waals surface area contributed by atoms with Gasteiger partial charge in [-0.05, 0) is 48.6 Å². The highest BCUT2D eigenvalue weighted by molar-refractivity contribution is 9.10. The van der Waals surface area contributed by atoms with Crippen molar-refractivity contribution in [2.45, 2.75) is 25.4 Å². The molecule has 1 unspecified atom stereocenters. The van der Waals surface area contributed by atoms with Gasteiger partial charge in [-0.3, -0.25) is 0 Å². The minimum Gasteiger partial charge on any atom is -0.485 e. The predicted molar refractivity (Wildman–Crippen MR) is 83.9 cm³/mol. The second-order valence-corrected chi connectivity index (χ2v) is 6.06. The van der Waals surface area contributed by atoms with Crippen LogP contribution < -0.4 is 4.74 Å². The number of hydrogen-bond acceptors (Lipinski definition) is 2. The Morgan fingerprint density at radius 2 is 2.05 bits per heavy atom. The van der Waals surface area contributed by atoms with Gasteiger partial charge in [0.15, 0.2) is 0 Å². The molecule has 1 aliphatic rings. The minimum absolute atomic E-state index is 0.0748. The summed E-state index contributed by atoms with van der Waals surface area (Å²) in [5.74, 6) is -0.553. The Balaban J connectivity index is 1.93. The van der Waals surface area contributed by atoms with Crippen LogP contribution in [-0.4, -0.2) is 11.1 Å². The normalized spacial score (nSPS) is 17.1. The fraction of sp³-hybridized carbons (Fsp3) is 0.235. The number of rotatable bonds is 3. The molecule has 0 aliphatic heterocycles. The van der Waals surface area contributed by atoms with Gasteiger partial charge in [0, 0.05) is 4.47 Å². The summed E-state index contributed by atoms with van der Waals surface area (Å²) in [5, 5.41) is 9.31. The smallest absolute Gasteiger partial charge is 0.339 e. The maximum absolute atomic E-state index is 11.4. The molecule has 1 aliphatic carbocycles. The molecular formula is C17H15BrO3. The highest BCUT2D eigenvalue weighted by Gasteiger charge is 2.23. The molecule has 0 saturated heterocycles. The van der Waals surface area contributed by atoms with Crippen LogP contribution in [0, 0.1) is 0 Å². The maximum Gasteiger partial charge on any atom is 0.339 e. The molecular weight excluding hydrogens is 332 g/mol. The highest BCUT2D eigenvalue weighted by Crippen LogP contribution is 2.35. The molecule has 0 aromatic heterocycles. The Kier molecular flexibility index (Phi) is 3.97. The molecule has 3 nitrogen and oxygen atoms in total. The van der Waals surface area contributed by atoms with Gasteiger partial charge in [0.2, 0.25) is 0 Å².